The van der Waals surface area contributed by atoms with Crippen LogP contribution in [0.1, 0.15) is 168 Å². The number of carbonyl (C=O) groups excluding carboxylic acids is 2. The second-order valence-corrected chi connectivity index (χ2v) is 13.2. The number of unbranched alkanes of at least 4 members (excludes halogenated alkanes) is 15. The standard InChI is InChI=1S/C44H74O6/c1-3-5-7-9-11-13-15-17-19-21-23-25-27-29-31-33-35-41(46)37-38-44(48)50-42(39-45)40-49-43(47)36-34-32-30-28-26-24-22-20-18-16-14-12-10-8-6-4-2/h5,7,11,13,17,19,23,25,29,31,33,35,41-42,45-46H,3-4,6,8-10,12,14-16,18,20-22,24,26-28,30,32,34,36-40H2,1-2H3/b7-5-,13-11-,19-17-,25-23-,31-29-,35-33-/t41?,42-/m0/s1. The first-order chi connectivity index (χ1) is 24.5. The molecule has 0 bridgehead atoms. The predicted molar refractivity (Wildman–Crippen MR) is 211 cm³/mol. The molecule has 6 nitrogen and oxygen atoms in total. The molecule has 0 aliphatic heterocycles. The third kappa shape index (κ3) is 36.6. The fraction of sp³-hybridized carbons (Fsp3) is 0.682. The number of esters is 2. The van der Waals surface area contributed by atoms with E-state index in [9.17, 15) is 19.8 Å². The first-order valence-corrected chi connectivity index (χ1v) is 20.1. The summed E-state index contributed by atoms with van der Waals surface area (Å²) in [7, 11) is 0. The minimum atomic E-state index is -0.897. The number of rotatable bonds is 35. The van der Waals surface area contributed by atoms with E-state index in [2.05, 4.69) is 62.5 Å². The van der Waals surface area contributed by atoms with Gasteiger partial charge in [0.2, 0.25) is 0 Å². The lowest BCUT2D eigenvalue weighted by Gasteiger charge is -2.16. The Kier molecular flexibility index (Phi) is 37.0. The summed E-state index contributed by atoms with van der Waals surface area (Å²) in [6.07, 6.45) is 48.6. The van der Waals surface area contributed by atoms with E-state index in [4.69, 9.17) is 9.47 Å². The van der Waals surface area contributed by atoms with Crippen molar-refractivity contribution in [1.82, 2.24) is 0 Å². The Bertz CT molecular complexity index is 944. The molecule has 0 rings (SSSR count). The Morgan fingerprint density at radius 1 is 0.560 bits per heavy atom. The molecule has 0 amide bonds. The van der Waals surface area contributed by atoms with Crippen molar-refractivity contribution in [3.05, 3.63) is 72.9 Å². The zero-order valence-corrected chi connectivity index (χ0v) is 32.0. The molecule has 0 aromatic carbocycles. The van der Waals surface area contributed by atoms with Crippen LogP contribution in [0.2, 0.25) is 0 Å². The van der Waals surface area contributed by atoms with E-state index in [0.717, 1.165) is 51.4 Å². The van der Waals surface area contributed by atoms with E-state index in [1.165, 1.54) is 83.5 Å². The van der Waals surface area contributed by atoms with Crippen molar-refractivity contribution < 1.29 is 29.3 Å². The number of hydrogen-bond acceptors (Lipinski definition) is 6. The van der Waals surface area contributed by atoms with Gasteiger partial charge in [-0.3, -0.25) is 9.59 Å². The number of aliphatic hydroxyl groups excluding tert-OH is 2. The van der Waals surface area contributed by atoms with Crippen LogP contribution in [0.5, 0.6) is 0 Å². The molecule has 0 fully saturated rings. The zero-order chi connectivity index (χ0) is 36.6. The summed E-state index contributed by atoms with van der Waals surface area (Å²) in [5.74, 6) is -0.874. The fourth-order valence-electron chi connectivity index (χ4n) is 5.31. The van der Waals surface area contributed by atoms with Crippen molar-refractivity contribution in [2.75, 3.05) is 13.2 Å². The molecule has 0 radical (unpaired) electrons. The van der Waals surface area contributed by atoms with Crippen LogP contribution in [0.15, 0.2) is 72.9 Å². The molecule has 0 heterocycles. The molecule has 6 heteroatoms. The summed E-state index contributed by atoms with van der Waals surface area (Å²) in [6.45, 7) is 3.82. The van der Waals surface area contributed by atoms with Crippen molar-refractivity contribution in [3.63, 3.8) is 0 Å². The zero-order valence-electron chi connectivity index (χ0n) is 32.0. The van der Waals surface area contributed by atoms with Gasteiger partial charge in [0.25, 0.3) is 0 Å². The molecular formula is C44H74O6. The highest BCUT2D eigenvalue weighted by atomic mass is 16.6. The molecule has 0 aliphatic rings. The van der Waals surface area contributed by atoms with Gasteiger partial charge in [-0.2, -0.15) is 0 Å². The first kappa shape index (κ1) is 47.3. The largest absolute Gasteiger partial charge is 0.462 e. The van der Waals surface area contributed by atoms with Crippen LogP contribution in [-0.2, 0) is 19.1 Å². The molecule has 0 spiro atoms. The van der Waals surface area contributed by atoms with Crippen molar-refractivity contribution >= 4 is 11.9 Å². The first-order valence-electron chi connectivity index (χ1n) is 20.1. The van der Waals surface area contributed by atoms with Crippen molar-refractivity contribution in [2.24, 2.45) is 0 Å². The van der Waals surface area contributed by atoms with Gasteiger partial charge >= 0.3 is 11.9 Å². The maximum absolute atomic E-state index is 12.2. The third-order valence-corrected chi connectivity index (χ3v) is 8.38. The van der Waals surface area contributed by atoms with Gasteiger partial charge in [-0.05, 0) is 44.9 Å². The minimum Gasteiger partial charge on any atom is -0.462 e. The van der Waals surface area contributed by atoms with Gasteiger partial charge in [0.05, 0.1) is 12.7 Å². The molecular weight excluding hydrogens is 624 g/mol. The lowest BCUT2D eigenvalue weighted by Crippen LogP contribution is -2.28. The van der Waals surface area contributed by atoms with E-state index in [-0.39, 0.29) is 25.4 Å². The smallest absolute Gasteiger partial charge is 0.306 e. The molecule has 286 valence electrons. The lowest BCUT2D eigenvalue weighted by molar-refractivity contribution is -0.161. The Hall–Kier alpha value is -2.70. The van der Waals surface area contributed by atoms with Crippen LogP contribution in [0.4, 0.5) is 0 Å². The predicted octanol–water partition coefficient (Wildman–Crippen LogP) is 11.5. The summed E-state index contributed by atoms with van der Waals surface area (Å²) in [5.41, 5.74) is 0. The summed E-state index contributed by atoms with van der Waals surface area (Å²) in [5, 5.41) is 19.7. The second kappa shape index (κ2) is 39.1. The van der Waals surface area contributed by atoms with E-state index < -0.39 is 24.8 Å². The number of carbonyl (C=O) groups is 2. The molecule has 0 aromatic rings. The lowest BCUT2D eigenvalue weighted by atomic mass is 10.0. The fourth-order valence-corrected chi connectivity index (χ4v) is 5.31. The van der Waals surface area contributed by atoms with Gasteiger partial charge in [-0.1, -0.05) is 183 Å². The van der Waals surface area contributed by atoms with Gasteiger partial charge in [0.15, 0.2) is 6.10 Å². The number of hydrogen-bond donors (Lipinski definition) is 2. The summed E-state index contributed by atoms with van der Waals surface area (Å²) in [4.78, 5) is 24.3. The van der Waals surface area contributed by atoms with Crippen molar-refractivity contribution in [3.8, 4) is 0 Å². The van der Waals surface area contributed by atoms with Crippen LogP contribution in [0.25, 0.3) is 0 Å². The summed E-state index contributed by atoms with van der Waals surface area (Å²) >= 11 is 0. The monoisotopic (exact) mass is 699 g/mol. The van der Waals surface area contributed by atoms with Gasteiger partial charge in [-0.15, -0.1) is 0 Å². The highest BCUT2D eigenvalue weighted by molar-refractivity contribution is 5.70. The molecule has 2 N–H and O–H groups in total. The Morgan fingerprint density at radius 3 is 1.50 bits per heavy atom. The Labute approximate surface area is 306 Å². The van der Waals surface area contributed by atoms with Crippen LogP contribution in [-0.4, -0.2) is 47.6 Å². The van der Waals surface area contributed by atoms with E-state index >= 15 is 0 Å². The van der Waals surface area contributed by atoms with Crippen LogP contribution >= 0.6 is 0 Å². The summed E-state index contributed by atoms with van der Waals surface area (Å²) in [6, 6.07) is 0. The topological polar surface area (TPSA) is 93.1 Å². The quantitative estimate of drug-likeness (QED) is 0.0296. The normalized spacial score (nSPS) is 13.6. The van der Waals surface area contributed by atoms with Gasteiger partial charge in [0.1, 0.15) is 6.61 Å². The van der Waals surface area contributed by atoms with E-state index in [0.29, 0.717) is 6.42 Å². The Balaban J connectivity index is 3.80. The van der Waals surface area contributed by atoms with Crippen molar-refractivity contribution in [1.29, 1.82) is 0 Å². The molecule has 1 unspecified atom stereocenters. The van der Waals surface area contributed by atoms with Gasteiger partial charge in [0, 0.05) is 12.8 Å². The number of ether oxygens (including phenoxy) is 2. The van der Waals surface area contributed by atoms with Crippen LogP contribution < -0.4 is 0 Å². The molecule has 0 aromatic heterocycles. The van der Waals surface area contributed by atoms with E-state index in [1.807, 2.05) is 12.2 Å². The number of allylic oxidation sites excluding steroid dienone is 11. The molecule has 50 heavy (non-hydrogen) atoms. The molecule has 0 saturated carbocycles. The van der Waals surface area contributed by atoms with Crippen LogP contribution in [0, 0.1) is 0 Å². The second-order valence-electron chi connectivity index (χ2n) is 13.2. The van der Waals surface area contributed by atoms with E-state index in [1.54, 1.807) is 12.2 Å². The van der Waals surface area contributed by atoms with Gasteiger partial charge < -0.3 is 19.7 Å². The number of aliphatic hydroxyl groups is 2. The van der Waals surface area contributed by atoms with Crippen molar-refractivity contribution in [2.45, 2.75) is 180 Å². The highest BCUT2D eigenvalue weighted by Crippen LogP contribution is 2.14. The molecule has 2 atom stereocenters. The average Bonchev–Trinajstić information content (AvgIpc) is 3.12. The maximum atomic E-state index is 12.2. The summed E-state index contributed by atoms with van der Waals surface area (Å²) < 4.78 is 10.5. The average molecular weight is 699 g/mol. The van der Waals surface area contributed by atoms with Crippen LogP contribution in [0.3, 0.4) is 0 Å². The van der Waals surface area contributed by atoms with Gasteiger partial charge in [-0.25, -0.2) is 0 Å². The SMILES string of the molecule is CC/C=C\C/C=C\C/C=C\C/C=C\C/C=C\C=C/C(O)CCC(=O)O[C@@H](CO)COC(=O)CCCCCCCCCCCCCCCCCC. The Morgan fingerprint density at radius 2 is 1.02 bits per heavy atom. The molecule has 0 aliphatic carbocycles. The minimum absolute atomic E-state index is 0.000807. The highest BCUT2D eigenvalue weighted by Gasteiger charge is 2.17. The maximum Gasteiger partial charge on any atom is 0.306 e. The molecule has 0 saturated heterocycles. The third-order valence-electron chi connectivity index (χ3n) is 8.38.